The van der Waals surface area contributed by atoms with Crippen LogP contribution in [0.2, 0.25) is 0 Å². The van der Waals surface area contributed by atoms with E-state index in [0.29, 0.717) is 17.6 Å². The zero-order chi connectivity index (χ0) is 18.9. The number of benzene rings is 1. The number of esters is 1. The molecule has 0 spiro atoms. The van der Waals surface area contributed by atoms with Crippen molar-refractivity contribution < 1.29 is 23.5 Å². The van der Waals surface area contributed by atoms with E-state index in [1.54, 1.807) is 12.1 Å². The lowest BCUT2D eigenvalue weighted by Crippen LogP contribution is -2.40. The summed E-state index contributed by atoms with van der Waals surface area (Å²) in [5.74, 6) is -1.17. The third-order valence-corrected chi connectivity index (χ3v) is 3.39. The topological polar surface area (TPSA) is 102 Å². The summed E-state index contributed by atoms with van der Waals surface area (Å²) in [5.41, 5.74) is 1.29. The summed E-state index contributed by atoms with van der Waals surface area (Å²) < 4.78 is 10.3. The number of carbonyl (C=O) groups excluding carboxylic acids is 3. The van der Waals surface area contributed by atoms with Gasteiger partial charge in [0, 0.05) is 25.7 Å². The van der Waals surface area contributed by atoms with E-state index < -0.39 is 18.5 Å². The molecular weight excluding hydrogens is 338 g/mol. The Bertz CT molecular complexity index is 779. The molecule has 0 aliphatic carbocycles. The van der Waals surface area contributed by atoms with E-state index >= 15 is 0 Å². The van der Waals surface area contributed by atoms with Crippen molar-refractivity contribution in [1.29, 1.82) is 0 Å². The van der Waals surface area contributed by atoms with Gasteiger partial charge in [-0.2, -0.15) is 0 Å². The molecule has 0 aliphatic heterocycles. The standard InChI is InChI=1S/C18H21N3O5/c1-3-10-19-15(22)11-21(2)17(23)12-25-18(24)9-8-16-20-13-6-4-5-7-14(13)26-16/h4-9H,3,10-12H2,1-2H3,(H,19,22)/b9-8+. The van der Waals surface area contributed by atoms with E-state index in [1.807, 2.05) is 19.1 Å². The summed E-state index contributed by atoms with van der Waals surface area (Å²) in [6.45, 7) is 1.95. The minimum atomic E-state index is -0.704. The second-order valence-corrected chi connectivity index (χ2v) is 5.56. The van der Waals surface area contributed by atoms with E-state index in [-0.39, 0.29) is 18.3 Å². The maximum Gasteiger partial charge on any atom is 0.331 e. The number of para-hydroxylation sites is 2. The van der Waals surface area contributed by atoms with Crippen molar-refractivity contribution in [2.75, 3.05) is 26.7 Å². The number of nitrogens with one attached hydrogen (secondary N) is 1. The van der Waals surface area contributed by atoms with E-state index in [4.69, 9.17) is 9.15 Å². The highest BCUT2D eigenvalue weighted by molar-refractivity contribution is 5.90. The number of oxazole rings is 1. The summed E-state index contributed by atoms with van der Waals surface area (Å²) in [7, 11) is 1.47. The van der Waals surface area contributed by atoms with Gasteiger partial charge in [0.05, 0.1) is 6.54 Å². The number of hydrogen-bond acceptors (Lipinski definition) is 6. The molecule has 138 valence electrons. The fourth-order valence-electron chi connectivity index (χ4n) is 2.02. The Labute approximate surface area is 150 Å². The third kappa shape index (κ3) is 5.73. The van der Waals surface area contributed by atoms with Crippen molar-refractivity contribution in [1.82, 2.24) is 15.2 Å². The molecule has 1 aromatic heterocycles. The number of aromatic nitrogens is 1. The molecule has 1 N–H and O–H groups in total. The normalized spacial score (nSPS) is 10.8. The summed E-state index contributed by atoms with van der Waals surface area (Å²) in [5, 5.41) is 2.66. The number of nitrogens with zero attached hydrogens (tertiary/aromatic N) is 2. The third-order valence-electron chi connectivity index (χ3n) is 3.39. The molecule has 8 nitrogen and oxygen atoms in total. The van der Waals surface area contributed by atoms with E-state index in [0.717, 1.165) is 12.5 Å². The van der Waals surface area contributed by atoms with E-state index in [2.05, 4.69) is 10.3 Å². The van der Waals surface area contributed by atoms with Crippen LogP contribution in [0.4, 0.5) is 0 Å². The lowest BCUT2D eigenvalue weighted by molar-refractivity contribution is -0.148. The fourth-order valence-corrected chi connectivity index (χ4v) is 2.02. The van der Waals surface area contributed by atoms with E-state index in [1.165, 1.54) is 18.0 Å². The lowest BCUT2D eigenvalue weighted by Gasteiger charge is -2.16. The number of rotatable bonds is 8. The smallest absolute Gasteiger partial charge is 0.331 e. The molecule has 8 heteroatoms. The molecule has 1 heterocycles. The van der Waals surface area contributed by atoms with Crippen LogP contribution in [0.3, 0.4) is 0 Å². The number of fused-ring (bicyclic) bond motifs is 1. The van der Waals surface area contributed by atoms with Crippen LogP contribution in [0.25, 0.3) is 17.2 Å². The zero-order valence-corrected chi connectivity index (χ0v) is 14.7. The number of amides is 2. The number of hydrogen-bond donors (Lipinski definition) is 1. The van der Waals surface area contributed by atoms with Crippen molar-refractivity contribution in [3.63, 3.8) is 0 Å². The maximum absolute atomic E-state index is 11.9. The SMILES string of the molecule is CCCNC(=O)CN(C)C(=O)COC(=O)/C=C/c1nc2ccccc2o1. The lowest BCUT2D eigenvalue weighted by atomic mass is 10.3. The first kappa shape index (κ1) is 19.2. The Morgan fingerprint density at radius 3 is 2.81 bits per heavy atom. The molecule has 26 heavy (non-hydrogen) atoms. The van der Waals surface area contributed by atoms with Gasteiger partial charge in [0.25, 0.3) is 5.91 Å². The molecule has 0 fully saturated rings. The van der Waals surface area contributed by atoms with Gasteiger partial charge in [0.15, 0.2) is 12.2 Å². The highest BCUT2D eigenvalue weighted by Gasteiger charge is 2.14. The van der Waals surface area contributed by atoms with Crippen LogP contribution in [-0.4, -0.2) is 54.4 Å². The highest BCUT2D eigenvalue weighted by Crippen LogP contribution is 2.15. The van der Waals surface area contributed by atoms with Crippen LogP contribution >= 0.6 is 0 Å². The average Bonchev–Trinajstić information content (AvgIpc) is 3.05. The van der Waals surface area contributed by atoms with Gasteiger partial charge in [-0.15, -0.1) is 0 Å². The van der Waals surface area contributed by atoms with Gasteiger partial charge in [-0.1, -0.05) is 19.1 Å². The Kier molecular flexibility index (Phi) is 6.90. The molecule has 0 aliphatic rings. The number of likely N-dealkylation sites (N-methyl/N-ethyl adjacent to an activating group) is 1. The van der Waals surface area contributed by atoms with Gasteiger partial charge in [-0.05, 0) is 18.6 Å². The van der Waals surface area contributed by atoms with Gasteiger partial charge in [0.1, 0.15) is 5.52 Å². The first-order valence-corrected chi connectivity index (χ1v) is 8.20. The molecule has 0 saturated heterocycles. The quantitative estimate of drug-likeness (QED) is 0.564. The van der Waals surface area contributed by atoms with Crippen LogP contribution in [0.5, 0.6) is 0 Å². The molecule has 0 radical (unpaired) electrons. The zero-order valence-electron chi connectivity index (χ0n) is 14.7. The van der Waals surface area contributed by atoms with Gasteiger partial charge in [-0.25, -0.2) is 9.78 Å². The molecular formula is C18H21N3O5. The molecule has 2 amide bonds. The predicted molar refractivity (Wildman–Crippen MR) is 94.9 cm³/mol. The summed E-state index contributed by atoms with van der Waals surface area (Å²) in [6.07, 6.45) is 3.31. The van der Waals surface area contributed by atoms with E-state index in [9.17, 15) is 14.4 Å². The molecule has 2 rings (SSSR count). The van der Waals surface area contributed by atoms with Crippen molar-refractivity contribution in [2.45, 2.75) is 13.3 Å². The minimum absolute atomic E-state index is 0.0882. The predicted octanol–water partition coefficient (Wildman–Crippen LogP) is 1.37. The minimum Gasteiger partial charge on any atom is -0.452 e. The van der Waals surface area contributed by atoms with Crippen molar-refractivity contribution >= 4 is 35.0 Å². The van der Waals surface area contributed by atoms with Gasteiger partial charge in [0.2, 0.25) is 11.8 Å². The maximum atomic E-state index is 11.9. The summed E-state index contributed by atoms with van der Waals surface area (Å²) in [4.78, 5) is 40.5. The Morgan fingerprint density at radius 1 is 1.31 bits per heavy atom. The molecule has 0 saturated carbocycles. The second-order valence-electron chi connectivity index (χ2n) is 5.56. The Balaban J connectivity index is 1.78. The largest absolute Gasteiger partial charge is 0.452 e. The number of ether oxygens (including phenoxy) is 1. The molecule has 1 aromatic carbocycles. The number of carbonyl (C=O) groups is 3. The van der Waals surface area contributed by atoms with Crippen LogP contribution in [0.15, 0.2) is 34.8 Å². The molecule has 0 bridgehead atoms. The highest BCUT2D eigenvalue weighted by atomic mass is 16.5. The van der Waals surface area contributed by atoms with Gasteiger partial charge in [-0.3, -0.25) is 9.59 Å². The van der Waals surface area contributed by atoms with Crippen LogP contribution in [0.1, 0.15) is 19.2 Å². The van der Waals surface area contributed by atoms with Crippen molar-refractivity contribution in [3.05, 3.63) is 36.2 Å². The Morgan fingerprint density at radius 2 is 2.08 bits per heavy atom. The first-order valence-electron chi connectivity index (χ1n) is 8.20. The van der Waals surface area contributed by atoms with Crippen molar-refractivity contribution in [2.24, 2.45) is 0 Å². The Hall–Kier alpha value is -3.16. The van der Waals surface area contributed by atoms with Gasteiger partial charge < -0.3 is 19.4 Å². The van der Waals surface area contributed by atoms with Crippen LogP contribution in [-0.2, 0) is 19.1 Å². The molecule has 0 unspecified atom stereocenters. The fraction of sp³-hybridized carbons (Fsp3) is 0.333. The second kappa shape index (κ2) is 9.36. The monoisotopic (exact) mass is 359 g/mol. The van der Waals surface area contributed by atoms with Crippen LogP contribution in [0, 0.1) is 0 Å². The van der Waals surface area contributed by atoms with Crippen LogP contribution < -0.4 is 5.32 Å². The summed E-state index contributed by atoms with van der Waals surface area (Å²) in [6, 6.07) is 7.21. The molecule has 0 atom stereocenters. The summed E-state index contributed by atoms with van der Waals surface area (Å²) >= 11 is 0. The van der Waals surface area contributed by atoms with Gasteiger partial charge >= 0.3 is 5.97 Å². The van der Waals surface area contributed by atoms with Crippen molar-refractivity contribution in [3.8, 4) is 0 Å². The first-order chi connectivity index (χ1) is 12.5. The average molecular weight is 359 g/mol. The molecule has 2 aromatic rings.